The van der Waals surface area contributed by atoms with Crippen LogP contribution in [0.2, 0.25) is 0 Å². The SMILES string of the molecule is COc1cc(C2=N/C(=C/c3cc(Br)c4c(c3)OCO4)C(=O)O2)cc(OC)c1OC. The van der Waals surface area contributed by atoms with E-state index in [4.69, 9.17) is 28.4 Å². The highest BCUT2D eigenvalue weighted by Gasteiger charge is 2.27. The molecule has 2 aromatic rings. The standard InChI is InChI=1S/C20H16BrNO7/c1-24-14-7-11(8-15(25-2)18(14)26-3)19-22-13(20(23)29-19)5-10-4-12(21)17-16(6-10)27-9-28-17/h4-8H,9H2,1-3H3/b13-5+. The van der Waals surface area contributed by atoms with Gasteiger partial charge in [0.25, 0.3) is 0 Å². The molecule has 2 heterocycles. The Hall–Kier alpha value is -3.20. The minimum Gasteiger partial charge on any atom is -0.493 e. The third-order valence-corrected chi connectivity index (χ3v) is 4.87. The van der Waals surface area contributed by atoms with Gasteiger partial charge in [0.05, 0.1) is 25.8 Å². The first kappa shape index (κ1) is 19.1. The second-order valence-electron chi connectivity index (χ2n) is 5.99. The molecular formula is C20H16BrNO7. The van der Waals surface area contributed by atoms with Gasteiger partial charge in [0, 0.05) is 5.56 Å². The zero-order chi connectivity index (χ0) is 20.5. The molecule has 2 aromatic carbocycles. The summed E-state index contributed by atoms with van der Waals surface area (Å²) in [6, 6.07) is 6.89. The molecule has 0 N–H and O–H groups in total. The van der Waals surface area contributed by atoms with Crippen LogP contribution < -0.4 is 23.7 Å². The summed E-state index contributed by atoms with van der Waals surface area (Å²) in [5.74, 6) is 2.08. The molecule has 0 saturated heterocycles. The molecule has 0 atom stereocenters. The highest BCUT2D eigenvalue weighted by Crippen LogP contribution is 2.41. The lowest BCUT2D eigenvalue weighted by molar-refractivity contribution is -0.129. The number of hydrogen-bond donors (Lipinski definition) is 0. The highest BCUT2D eigenvalue weighted by molar-refractivity contribution is 9.10. The summed E-state index contributed by atoms with van der Waals surface area (Å²) in [4.78, 5) is 16.7. The molecule has 29 heavy (non-hydrogen) atoms. The van der Waals surface area contributed by atoms with Gasteiger partial charge < -0.3 is 28.4 Å². The monoisotopic (exact) mass is 461 g/mol. The fourth-order valence-corrected chi connectivity index (χ4v) is 3.54. The third kappa shape index (κ3) is 3.49. The van der Waals surface area contributed by atoms with Crippen LogP contribution in [0.3, 0.4) is 0 Å². The lowest BCUT2D eigenvalue weighted by Gasteiger charge is -2.13. The number of esters is 1. The lowest BCUT2D eigenvalue weighted by Crippen LogP contribution is -2.06. The number of carbonyl (C=O) groups is 1. The summed E-state index contributed by atoms with van der Waals surface area (Å²) in [6.07, 6.45) is 1.61. The van der Waals surface area contributed by atoms with Crippen molar-refractivity contribution in [1.82, 2.24) is 0 Å². The van der Waals surface area contributed by atoms with Crippen LogP contribution in [0.1, 0.15) is 11.1 Å². The van der Waals surface area contributed by atoms with E-state index in [9.17, 15) is 4.79 Å². The van der Waals surface area contributed by atoms with Crippen molar-refractivity contribution >= 4 is 33.9 Å². The number of rotatable bonds is 5. The molecule has 4 rings (SSSR count). The summed E-state index contributed by atoms with van der Waals surface area (Å²) in [6.45, 7) is 0.152. The van der Waals surface area contributed by atoms with Crippen molar-refractivity contribution in [3.8, 4) is 28.7 Å². The van der Waals surface area contributed by atoms with Gasteiger partial charge in [-0.1, -0.05) is 0 Å². The first-order valence-corrected chi connectivity index (χ1v) is 9.25. The first-order valence-electron chi connectivity index (χ1n) is 8.46. The maximum Gasteiger partial charge on any atom is 0.363 e. The fourth-order valence-electron chi connectivity index (χ4n) is 2.97. The summed E-state index contributed by atoms with van der Waals surface area (Å²) in [5, 5.41) is 0. The lowest BCUT2D eigenvalue weighted by atomic mass is 10.1. The topological polar surface area (TPSA) is 84.8 Å². The Morgan fingerprint density at radius 3 is 2.41 bits per heavy atom. The molecule has 0 unspecified atom stereocenters. The van der Waals surface area contributed by atoms with E-state index in [-0.39, 0.29) is 18.4 Å². The average molecular weight is 462 g/mol. The fraction of sp³-hybridized carbons (Fsp3) is 0.200. The van der Waals surface area contributed by atoms with E-state index in [1.165, 1.54) is 21.3 Å². The number of carbonyl (C=O) groups excluding carboxylic acids is 1. The molecular weight excluding hydrogens is 446 g/mol. The molecule has 0 aliphatic carbocycles. The molecule has 2 aliphatic heterocycles. The van der Waals surface area contributed by atoms with Crippen LogP contribution in [0, 0.1) is 0 Å². The molecule has 9 heteroatoms. The van der Waals surface area contributed by atoms with E-state index in [0.29, 0.717) is 39.9 Å². The van der Waals surface area contributed by atoms with Crippen LogP contribution in [0.5, 0.6) is 28.7 Å². The Kier molecular flexibility index (Phi) is 5.06. The van der Waals surface area contributed by atoms with E-state index in [0.717, 1.165) is 4.47 Å². The Bertz CT molecular complexity index is 1040. The Morgan fingerprint density at radius 1 is 1.03 bits per heavy atom. The van der Waals surface area contributed by atoms with E-state index < -0.39 is 5.97 Å². The van der Waals surface area contributed by atoms with Crippen molar-refractivity contribution in [2.75, 3.05) is 28.1 Å². The second-order valence-corrected chi connectivity index (χ2v) is 6.84. The largest absolute Gasteiger partial charge is 0.493 e. The van der Waals surface area contributed by atoms with E-state index in [1.54, 1.807) is 30.3 Å². The number of methoxy groups -OCH3 is 3. The maximum absolute atomic E-state index is 12.4. The van der Waals surface area contributed by atoms with E-state index in [1.807, 2.05) is 0 Å². The zero-order valence-electron chi connectivity index (χ0n) is 15.8. The van der Waals surface area contributed by atoms with E-state index >= 15 is 0 Å². The number of fused-ring (bicyclic) bond motifs is 1. The van der Waals surface area contributed by atoms with Crippen molar-refractivity contribution < 1.29 is 33.2 Å². The van der Waals surface area contributed by atoms with Gasteiger partial charge in [0.2, 0.25) is 18.4 Å². The molecule has 8 nitrogen and oxygen atoms in total. The smallest absolute Gasteiger partial charge is 0.363 e. The second kappa shape index (κ2) is 7.67. The normalized spacial score (nSPS) is 15.9. The van der Waals surface area contributed by atoms with Crippen molar-refractivity contribution in [1.29, 1.82) is 0 Å². The number of hydrogen-bond acceptors (Lipinski definition) is 8. The van der Waals surface area contributed by atoms with Gasteiger partial charge in [0.1, 0.15) is 0 Å². The molecule has 0 fully saturated rings. The number of cyclic esters (lactones) is 1. The summed E-state index contributed by atoms with van der Waals surface area (Å²) >= 11 is 3.43. The van der Waals surface area contributed by atoms with Crippen molar-refractivity contribution in [3.05, 3.63) is 45.6 Å². The van der Waals surface area contributed by atoms with Crippen molar-refractivity contribution in [2.45, 2.75) is 0 Å². The minimum atomic E-state index is -0.567. The number of nitrogens with zero attached hydrogens (tertiary/aromatic N) is 1. The number of aliphatic imine (C=N–C) groups is 1. The third-order valence-electron chi connectivity index (χ3n) is 4.29. The quantitative estimate of drug-likeness (QED) is 0.497. The van der Waals surface area contributed by atoms with Crippen LogP contribution in [-0.4, -0.2) is 40.0 Å². The van der Waals surface area contributed by atoms with Crippen LogP contribution in [-0.2, 0) is 9.53 Å². The van der Waals surface area contributed by atoms with Gasteiger partial charge in [-0.05, 0) is 51.8 Å². The summed E-state index contributed by atoms with van der Waals surface area (Å²) in [5.41, 5.74) is 1.38. The minimum absolute atomic E-state index is 0.139. The predicted molar refractivity (Wildman–Crippen MR) is 107 cm³/mol. The highest BCUT2D eigenvalue weighted by atomic mass is 79.9. The Labute approximate surface area is 174 Å². The molecule has 0 saturated carbocycles. The van der Waals surface area contributed by atoms with Crippen LogP contribution in [0.15, 0.2) is 39.4 Å². The molecule has 150 valence electrons. The summed E-state index contributed by atoms with van der Waals surface area (Å²) in [7, 11) is 4.52. The van der Waals surface area contributed by atoms with Gasteiger partial charge >= 0.3 is 5.97 Å². The summed E-state index contributed by atoms with van der Waals surface area (Å²) < 4.78 is 32.8. The van der Waals surface area contributed by atoms with Crippen LogP contribution in [0.4, 0.5) is 0 Å². The van der Waals surface area contributed by atoms with Crippen LogP contribution >= 0.6 is 15.9 Å². The van der Waals surface area contributed by atoms with Gasteiger partial charge in [-0.3, -0.25) is 0 Å². The van der Waals surface area contributed by atoms with E-state index in [2.05, 4.69) is 20.9 Å². The molecule has 2 aliphatic rings. The average Bonchev–Trinajstić information content (AvgIpc) is 3.34. The molecule has 0 amide bonds. The van der Waals surface area contributed by atoms with Gasteiger partial charge in [-0.25, -0.2) is 9.79 Å². The Morgan fingerprint density at radius 2 is 1.76 bits per heavy atom. The van der Waals surface area contributed by atoms with Crippen molar-refractivity contribution in [3.63, 3.8) is 0 Å². The van der Waals surface area contributed by atoms with Crippen LogP contribution in [0.25, 0.3) is 6.08 Å². The van der Waals surface area contributed by atoms with Gasteiger partial charge in [-0.15, -0.1) is 0 Å². The molecule has 0 spiro atoms. The molecule has 0 bridgehead atoms. The molecule has 0 radical (unpaired) electrons. The Balaban J connectivity index is 1.71. The van der Waals surface area contributed by atoms with Gasteiger partial charge in [0.15, 0.2) is 28.7 Å². The number of ether oxygens (including phenoxy) is 6. The maximum atomic E-state index is 12.4. The predicted octanol–water partition coefficient (Wildman–Crippen LogP) is 3.55. The van der Waals surface area contributed by atoms with Gasteiger partial charge in [-0.2, -0.15) is 0 Å². The van der Waals surface area contributed by atoms with Crippen molar-refractivity contribution in [2.24, 2.45) is 4.99 Å². The molecule has 0 aromatic heterocycles. The first-order chi connectivity index (χ1) is 14.0. The number of halogens is 1. The number of benzene rings is 2. The zero-order valence-corrected chi connectivity index (χ0v) is 17.4.